The van der Waals surface area contributed by atoms with Crippen LogP contribution >= 0.6 is 0 Å². The van der Waals surface area contributed by atoms with Gasteiger partial charge in [-0.15, -0.1) is 0 Å². The first-order valence-corrected chi connectivity index (χ1v) is 7.78. The Balaban J connectivity index is 2.19. The molecule has 2 N–H and O–H groups in total. The minimum atomic E-state index is -3.59. The van der Waals surface area contributed by atoms with Crippen molar-refractivity contribution in [2.45, 2.75) is 25.2 Å². The Bertz CT molecular complexity index is 500. The van der Waals surface area contributed by atoms with Gasteiger partial charge >= 0.3 is 0 Å². The maximum atomic E-state index is 11.2. The number of hydrogen-bond donors (Lipinski definition) is 1. The van der Waals surface area contributed by atoms with E-state index in [1.54, 1.807) is 12.1 Å². The van der Waals surface area contributed by atoms with Crippen molar-refractivity contribution < 1.29 is 8.42 Å². The Labute approximate surface area is 109 Å². The van der Waals surface area contributed by atoms with Gasteiger partial charge in [0.2, 0.25) is 10.0 Å². The summed E-state index contributed by atoms with van der Waals surface area (Å²) in [7, 11) is -3.59. The molecule has 1 aliphatic heterocycles. The fourth-order valence-corrected chi connectivity index (χ4v) is 3.24. The molecular formula is C13H20N2O2S. The second kappa shape index (κ2) is 4.90. The highest BCUT2D eigenvalue weighted by atomic mass is 32.2. The molecule has 0 spiro atoms. The second-order valence-corrected chi connectivity index (χ2v) is 6.95. The lowest BCUT2D eigenvalue weighted by Gasteiger charge is -2.36. The summed E-state index contributed by atoms with van der Waals surface area (Å²) in [5.41, 5.74) is 1.07. The molecule has 1 fully saturated rings. The van der Waals surface area contributed by atoms with Crippen molar-refractivity contribution in [1.29, 1.82) is 0 Å². The number of hydrogen-bond acceptors (Lipinski definition) is 3. The second-order valence-electron chi connectivity index (χ2n) is 5.39. The first-order valence-electron chi connectivity index (χ1n) is 6.24. The Morgan fingerprint density at radius 1 is 1.11 bits per heavy atom. The van der Waals surface area contributed by atoms with Crippen molar-refractivity contribution >= 4 is 15.7 Å². The van der Waals surface area contributed by atoms with Gasteiger partial charge in [-0.3, -0.25) is 0 Å². The standard InChI is InChI=1S/C13H20N2O2S/c1-10-7-11(2)9-15(8-10)12-3-5-13(6-4-12)18(14,16)17/h3-6,10-11H,7-9H2,1-2H3,(H2,14,16,17)/t10-,11+. The number of nitrogens with zero attached hydrogens (tertiary/aromatic N) is 1. The largest absolute Gasteiger partial charge is 0.371 e. The number of anilines is 1. The van der Waals surface area contributed by atoms with Crippen molar-refractivity contribution in [3.63, 3.8) is 0 Å². The molecule has 4 nitrogen and oxygen atoms in total. The van der Waals surface area contributed by atoms with Crippen LogP contribution in [-0.4, -0.2) is 21.5 Å². The van der Waals surface area contributed by atoms with Crippen LogP contribution in [0.15, 0.2) is 29.2 Å². The van der Waals surface area contributed by atoms with E-state index in [0.29, 0.717) is 11.8 Å². The quantitative estimate of drug-likeness (QED) is 0.890. The molecule has 0 aliphatic carbocycles. The molecule has 0 saturated carbocycles. The molecule has 1 saturated heterocycles. The van der Waals surface area contributed by atoms with E-state index in [1.807, 2.05) is 12.1 Å². The van der Waals surface area contributed by atoms with Crippen LogP contribution in [0.1, 0.15) is 20.3 Å². The molecular weight excluding hydrogens is 248 g/mol. The van der Waals surface area contributed by atoms with Crippen LogP contribution in [0.4, 0.5) is 5.69 Å². The zero-order chi connectivity index (χ0) is 13.3. The van der Waals surface area contributed by atoms with Gasteiger partial charge in [0, 0.05) is 18.8 Å². The minimum absolute atomic E-state index is 0.171. The summed E-state index contributed by atoms with van der Waals surface area (Å²) in [5, 5.41) is 5.09. The van der Waals surface area contributed by atoms with Crippen molar-refractivity contribution in [3.8, 4) is 0 Å². The number of benzene rings is 1. The van der Waals surface area contributed by atoms with E-state index in [1.165, 1.54) is 6.42 Å². The van der Waals surface area contributed by atoms with Crippen molar-refractivity contribution in [1.82, 2.24) is 0 Å². The molecule has 2 rings (SSSR count). The van der Waals surface area contributed by atoms with Gasteiger partial charge < -0.3 is 4.90 Å². The highest BCUT2D eigenvalue weighted by Crippen LogP contribution is 2.26. The molecule has 0 amide bonds. The molecule has 0 bridgehead atoms. The Kier molecular flexibility index (Phi) is 3.64. The summed E-state index contributed by atoms with van der Waals surface area (Å²) >= 11 is 0. The van der Waals surface area contributed by atoms with Gasteiger partial charge in [0.25, 0.3) is 0 Å². The van der Waals surface area contributed by atoms with Crippen LogP contribution in [0, 0.1) is 11.8 Å². The lowest BCUT2D eigenvalue weighted by Crippen LogP contribution is -2.38. The van der Waals surface area contributed by atoms with E-state index in [9.17, 15) is 8.42 Å². The molecule has 1 aliphatic rings. The molecule has 5 heteroatoms. The van der Waals surface area contributed by atoms with Gasteiger partial charge in [0.05, 0.1) is 4.90 Å². The molecule has 100 valence electrons. The number of primary sulfonamides is 1. The third-order valence-corrected chi connectivity index (χ3v) is 4.33. The van der Waals surface area contributed by atoms with Gasteiger partial charge in [-0.05, 0) is 42.5 Å². The highest BCUT2D eigenvalue weighted by Gasteiger charge is 2.22. The average Bonchev–Trinajstić information content (AvgIpc) is 2.27. The fourth-order valence-electron chi connectivity index (χ4n) is 2.72. The van der Waals surface area contributed by atoms with E-state index >= 15 is 0 Å². The zero-order valence-corrected chi connectivity index (χ0v) is 11.7. The lowest BCUT2D eigenvalue weighted by atomic mass is 9.91. The van der Waals surface area contributed by atoms with Crippen LogP contribution < -0.4 is 10.0 Å². The highest BCUT2D eigenvalue weighted by molar-refractivity contribution is 7.89. The number of rotatable bonds is 2. The first kappa shape index (κ1) is 13.4. The van der Waals surface area contributed by atoms with E-state index in [4.69, 9.17) is 5.14 Å². The first-order chi connectivity index (χ1) is 8.36. The van der Waals surface area contributed by atoms with Crippen LogP contribution in [0.25, 0.3) is 0 Å². The molecule has 0 unspecified atom stereocenters. The summed E-state index contributed by atoms with van der Waals surface area (Å²) in [4.78, 5) is 2.48. The maximum absolute atomic E-state index is 11.2. The summed E-state index contributed by atoms with van der Waals surface area (Å²) in [5.74, 6) is 1.35. The Morgan fingerprint density at radius 3 is 2.06 bits per heavy atom. The minimum Gasteiger partial charge on any atom is -0.371 e. The molecule has 1 heterocycles. The van der Waals surface area contributed by atoms with Gasteiger partial charge in [0.1, 0.15) is 0 Å². The summed E-state index contributed by atoms with van der Waals surface area (Å²) in [6, 6.07) is 6.83. The monoisotopic (exact) mass is 268 g/mol. The molecule has 1 aromatic rings. The Morgan fingerprint density at radius 2 is 1.61 bits per heavy atom. The van der Waals surface area contributed by atoms with Gasteiger partial charge in [-0.2, -0.15) is 0 Å². The van der Waals surface area contributed by atoms with E-state index in [0.717, 1.165) is 18.8 Å². The fraction of sp³-hybridized carbons (Fsp3) is 0.538. The van der Waals surface area contributed by atoms with Gasteiger partial charge in [-0.25, -0.2) is 13.6 Å². The molecule has 2 atom stereocenters. The van der Waals surface area contributed by atoms with Crippen LogP contribution in [0.2, 0.25) is 0 Å². The third-order valence-electron chi connectivity index (χ3n) is 3.40. The summed E-state index contributed by atoms with van der Waals surface area (Å²) in [6.07, 6.45) is 1.26. The van der Waals surface area contributed by atoms with Crippen molar-refractivity contribution in [3.05, 3.63) is 24.3 Å². The molecule has 0 radical (unpaired) electrons. The summed E-state index contributed by atoms with van der Waals surface area (Å²) in [6.45, 7) is 6.56. The lowest BCUT2D eigenvalue weighted by molar-refractivity contribution is 0.357. The third kappa shape index (κ3) is 3.03. The SMILES string of the molecule is C[C@@H]1C[C@H](C)CN(c2ccc(S(N)(=O)=O)cc2)C1. The Hall–Kier alpha value is -1.07. The van der Waals surface area contributed by atoms with E-state index in [2.05, 4.69) is 18.7 Å². The predicted octanol–water partition coefficient (Wildman–Crippen LogP) is 1.82. The van der Waals surface area contributed by atoms with E-state index in [-0.39, 0.29) is 4.90 Å². The van der Waals surface area contributed by atoms with Gasteiger partial charge in [0.15, 0.2) is 0 Å². The normalized spacial score (nSPS) is 25.2. The van der Waals surface area contributed by atoms with Crippen molar-refractivity contribution in [2.75, 3.05) is 18.0 Å². The predicted molar refractivity (Wildman–Crippen MR) is 73.0 cm³/mol. The summed E-state index contributed by atoms with van der Waals surface area (Å²) < 4.78 is 22.4. The van der Waals surface area contributed by atoms with Crippen molar-refractivity contribution in [2.24, 2.45) is 17.0 Å². The van der Waals surface area contributed by atoms with Gasteiger partial charge in [-0.1, -0.05) is 13.8 Å². The zero-order valence-electron chi connectivity index (χ0n) is 10.8. The molecule has 1 aromatic carbocycles. The number of sulfonamides is 1. The molecule has 0 aromatic heterocycles. The van der Waals surface area contributed by atoms with Crippen LogP contribution in [-0.2, 0) is 10.0 Å². The maximum Gasteiger partial charge on any atom is 0.238 e. The number of nitrogens with two attached hydrogens (primary N) is 1. The van der Waals surface area contributed by atoms with Crippen LogP contribution in [0.5, 0.6) is 0 Å². The van der Waals surface area contributed by atoms with Crippen LogP contribution in [0.3, 0.4) is 0 Å². The topological polar surface area (TPSA) is 63.4 Å². The van der Waals surface area contributed by atoms with E-state index < -0.39 is 10.0 Å². The smallest absolute Gasteiger partial charge is 0.238 e. The average molecular weight is 268 g/mol. The molecule has 18 heavy (non-hydrogen) atoms. The number of piperidine rings is 1.